The summed E-state index contributed by atoms with van der Waals surface area (Å²) < 4.78 is 38.6. The molecule has 1 amide bonds. The molecule has 0 saturated heterocycles. The molecule has 1 aromatic rings. The molecule has 100 valence electrons. The normalized spacial score (nSPS) is 11.3. The third-order valence-corrected chi connectivity index (χ3v) is 3.50. The lowest BCUT2D eigenvalue weighted by Gasteiger charge is -2.11. The van der Waals surface area contributed by atoms with Gasteiger partial charge in [0.1, 0.15) is 5.82 Å². The number of nitrogens with one attached hydrogen (secondary N) is 1. The van der Waals surface area contributed by atoms with Gasteiger partial charge < -0.3 is 10.6 Å². The third-order valence-electron chi connectivity index (χ3n) is 2.12. The highest BCUT2D eigenvalue weighted by atomic mass is 32.2. The van der Waals surface area contributed by atoms with Gasteiger partial charge in [-0.05, 0) is 18.2 Å². The van der Waals surface area contributed by atoms with Crippen molar-refractivity contribution in [3.63, 3.8) is 0 Å². The molecule has 0 unspecified atom stereocenters. The van der Waals surface area contributed by atoms with Gasteiger partial charge in [0.25, 0.3) is 0 Å². The molecule has 0 atom stereocenters. The van der Waals surface area contributed by atoms with Crippen LogP contribution in [-0.4, -0.2) is 39.9 Å². The maximum atomic E-state index is 13.0. The molecule has 0 aliphatic rings. The summed E-state index contributed by atoms with van der Waals surface area (Å²) in [5.41, 5.74) is 5.35. The standard InChI is InChI=1S/C10H14FN3O3S/c1-14(2)10(15)6-13-18(16,17)9-4-7(11)3-8(12)5-9/h3-5,13H,6,12H2,1-2H3. The third kappa shape index (κ3) is 3.67. The van der Waals surface area contributed by atoms with E-state index in [0.717, 1.165) is 18.2 Å². The number of nitrogens with two attached hydrogens (primary N) is 1. The van der Waals surface area contributed by atoms with Crippen LogP contribution in [-0.2, 0) is 14.8 Å². The smallest absolute Gasteiger partial charge is 0.241 e. The van der Waals surface area contributed by atoms with E-state index < -0.39 is 28.3 Å². The van der Waals surface area contributed by atoms with Gasteiger partial charge in [0, 0.05) is 19.8 Å². The first-order valence-electron chi connectivity index (χ1n) is 4.98. The fraction of sp³-hybridized carbons (Fsp3) is 0.300. The first kappa shape index (κ1) is 14.4. The van der Waals surface area contributed by atoms with Gasteiger partial charge in [-0.3, -0.25) is 4.79 Å². The second kappa shape index (κ2) is 5.32. The molecule has 0 heterocycles. The highest BCUT2D eigenvalue weighted by Gasteiger charge is 2.17. The molecule has 0 aliphatic carbocycles. The average molecular weight is 275 g/mol. The number of anilines is 1. The van der Waals surface area contributed by atoms with E-state index in [9.17, 15) is 17.6 Å². The van der Waals surface area contributed by atoms with E-state index >= 15 is 0 Å². The van der Waals surface area contributed by atoms with Crippen LogP contribution >= 0.6 is 0 Å². The van der Waals surface area contributed by atoms with Gasteiger partial charge in [-0.1, -0.05) is 0 Å². The van der Waals surface area contributed by atoms with Gasteiger partial charge >= 0.3 is 0 Å². The minimum absolute atomic E-state index is 0.00527. The summed E-state index contributed by atoms with van der Waals surface area (Å²) in [7, 11) is -0.958. The topological polar surface area (TPSA) is 92.5 Å². The molecule has 0 saturated carbocycles. The zero-order valence-corrected chi connectivity index (χ0v) is 10.8. The van der Waals surface area contributed by atoms with Gasteiger partial charge in [0.2, 0.25) is 15.9 Å². The Bertz CT molecular complexity index is 537. The molecule has 8 heteroatoms. The number of hydrogen-bond donors (Lipinski definition) is 2. The minimum Gasteiger partial charge on any atom is -0.399 e. The van der Waals surface area contributed by atoms with E-state index in [1.807, 2.05) is 0 Å². The molecule has 0 aromatic heterocycles. The Hall–Kier alpha value is -1.67. The number of nitrogen functional groups attached to an aromatic ring is 1. The van der Waals surface area contributed by atoms with E-state index in [4.69, 9.17) is 5.73 Å². The minimum atomic E-state index is -3.95. The van der Waals surface area contributed by atoms with Gasteiger partial charge in [0.15, 0.2) is 0 Å². The zero-order valence-electron chi connectivity index (χ0n) is 9.97. The number of carbonyl (C=O) groups excluding carboxylic acids is 1. The summed E-state index contributed by atoms with van der Waals surface area (Å²) in [5, 5.41) is 0. The summed E-state index contributed by atoms with van der Waals surface area (Å²) in [6.07, 6.45) is 0. The highest BCUT2D eigenvalue weighted by molar-refractivity contribution is 7.89. The fourth-order valence-electron chi connectivity index (χ4n) is 1.14. The van der Waals surface area contributed by atoms with Crippen LogP contribution in [0.5, 0.6) is 0 Å². The first-order valence-corrected chi connectivity index (χ1v) is 6.46. The number of likely N-dealkylation sites (N-methyl/N-ethyl adjacent to an activating group) is 1. The Morgan fingerprint density at radius 2 is 2.00 bits per heavy atom. The predicted octanol–water partition coefficient (Wildman–Crippen LogP) is -0.226. The van der Waals surface area contributed by atoms with Crippen LogP contribution in [0.2, 0.25) is 0 Å². The molecular formula is C10H14FN3O3S. The monoisotopic (exact) mass is 275 g/mol. The molecular weight excluding hydrogens is 261 g/mol. The largest absolute Gasteiger partial charge is 0.399 e. The summed E-state index contributed by atoms with van der Waals surface area (Å²) in [6, 6.07) is 2.95. The Balaban J connectivity index is 2.90. The summed E-state index contributed by atoms with van der Waals surface area (Å²) in [6.45, 7) is -0.397. The number of hydrogen-bond acceptors (Lipinski definition) is 4. The lowest BCUT2D eigenvalue weighted by molar-refractivity contribution is -0.127. The first-order chi connectivity index (χ1) is 8.22. The number of nitrogens with zero attached hydrogens (tertiary/aromatic N) is 1. The second-order valence-electron chi connectivity index (χ2n) is 3.83. The van der Waals surface area contributed by atoms with Gasteiger partial charge in [-0.2, -0.15) is 0 Å². The van der Waals surface area contributed by atoms with Crippen molar-refractivity contribution in [2.45, 2.75) is 4.90 Å². The van der Waals surface area contributed by atoms with Crippen molar-refractivity contribution in [2.75, 3.05) is 26.4 Å². The van der Waals surface area contributed by atoms with Crippen molar-refractivity contribution in [2.24, 2.45) is 0 Å². The maximum absolute atomic E-state index is 13.0. The Labute approximate surface area is 105 Å². The molecule has 3 N–H and O–H groups in total. The van der Waals surface area contributed by atoms with Crippen molar-refractivity contribution in [1.29, 1.82) is 0 Å². The molecule has 0 fully saturated rings. The van der Waals surface area contributed by atoms with Gasteiger partial charge in [-0.25, -0.2) is 17.5 Å². The van der Waals surface area contributed by atoms with Crippen LogP contribution in [0.15, 0.2) is 23.1 Å². The van der Waals surface area contributed by atoms with E-state index in [0.29, 0.717) is 0 Å². The maximum Gasteiger partial charge on any atom is 0.241 e. The highest BCUT2D eigenvalue weighted by Crippen LogP contribution is 2.15. The molecule has 1 aromatic carbocycles. The quantitative estimate of drug-likeness (QED) is 0.743. The Morgan fingerprint density at radius 1 is 1.39 bits per heavy atom. The predicted molar refractivity (Wildman–Crippen MR) is 64.7 cm³/mol. The Kier molecular flexibility index (Phi) is 4.25. The van der Waals surface area contributed by atoms with Crippen molar-refractivity contribution in [3.8, 4) is 0 Å². The number of carbonyl (C=O) groups is 1. The number of benzene rings is 1. The van der Waals surface area contributed by atoms with Crippen LogP contribution in [0, 0.1) is 5.82 Å². The van der Waals surface area contributed by atoms with E-state index in [-0.39, 0.29) is 10.6 Å². The SMILES string of the molecule is CN(C)C(=O)CNS(=O)(=O)c1cc(N)cc(F)c1. The van der Waals surface area contributed by atoms with Crippen molar-refractivity contribution in [3.05, 3.63) is 24.0 Å². The number of halogens is 1. The molecule has 1 rings (SSSR count). The lowest BCUT2D eigenvalue weighted by atomic mass is 10.3. The zero-order chi connectivity index (χ0) is 13.9. The number of amides is 1. The molecule has 0 bridgehead atoms. The van der Waals surface area contributed by atoms with Crippen molar-refractivity contribution in [1.82, 2.24) is 9.62 Å². The second-order valence-corrected chi connectivity index (χ2v) is 5.60. The van der Waals surface area contributed by atoms with Gasteiger partial charge in [-0.15, -0.1) is 0 Å². The van der Waals surface area contributed by atoms with Crippen LogP contribution in [0.1, 0.15) is 0 Å². The average Bonchev–Trinajstić information content (AvgIpc) is 2.24. The van der Waals surface area contributed by atoms with Crippen LogP contribution in [0.3, 0.4) is 0 Å². The van der Waals surface area contributed by atoms with Crippen molar-refractivity contribution >= 4 is 21.6 Å². The van der Waals surface area contributed by atoms with Crippen molar-refractivity contribution < 1.29 is 17.6 Å². The summed E-state index contributed by atoms with van der Waals surface area (Å²) in [4.78, 5) is 12.2. The van der Waals surface area contributed by atoms with E-state index in [1.165, 1.54) is 19.0 Å². The van der Waals surface area contributed by atoms with Gasteiger partial charge in [0.05, 0.1) is 11.4 Å². The molecule has 0 aliphatic heterocycles. The van der Waals surface area contributed by atoms with Crippen LogP contribution in [0.4, 0.5) is 10.1 Å². The molecule has 18 heavy (non-hydrogen) atoms. The fourth-order valence-corrected chi connectivity index (χ4v) is 2.18. The summed E-state index contributed by atoms with van der Waals surface area (Å²) >= 11 is 0. The molecule has 0 spiro atoms. The molecule has 6 nitrogen and oxygen atoms in total. The summed E-state index contributed by atoms with van der Waals surface area (Å²) in [5.74, 6) is -1.17. The number of rotatable bonds is 4. The van der Waals surface area contributed by atoms with Crippen LogP contribution < -0.4 is 10.5 Å². The van der Waals surface area contributed by atoms with E-state index in [1.54, 1.807) is 0 Å². The Morgan fingerprint density at radius 3 is 2.50 bits per heavy atom. The lowest BCUT2D eigenvalue weighted by Crippen LogP contribution is -2.36. The van der Waals surface area contributed by atoms with Crippen LogP contribution in [0.25, 0.3) is 0 Å². The van der Waals surface area contributed by atoms with E-state index in [2.05, 4.69) is 4.72 Å². The number of sulfonamides is 1. The molecule has 0 radical (unpaired) electrons.